The Labute approximate surface area is 153 Å². The van der Waals surface area contributed by atoms with Gasteiger partial charge >= 0.3 is 5.97 Å². The lowest BCUT2D eigenvalue weighted by Crippen LogP contribution is -2.10. The number of H-pyrrole nitrogens is 2. The van der Waals surface area contributed by atoms with Gasteiger partial charge in [0.1, 0.15) is 17.3 Å². The van der Waals surface area contributed by atoms with Crippen LogP contribution in [0.25, 0.3) is 10.9 Å². The van der Waals surface area contributed by atoms with Gasteiger partial charge in [0.2, 0.25) is 0 Å². The maximum Gasteiger partial charge on any atom is 0.356 e. The monoisotopic (exact) mass is 364 g/mol. The van der Waals surface area contributed by atoms with Crippen molar-refractivity contribution in [3.05, 3.63) is 53.2 Å². The first kappa shape index (κ1) is 16.6. The van der Waals surface area contributed by atoms with Crippen molar-refractivity contribution in [3.63, 3.8) is 0 Å². The minimum atomic E-state index is -0.538. The van der Waals surface area contributed by atoms with Gasteiger partial charge in [-0.1, -0.05) is 6.07 Å². The van der Waals surface area contributed by atoms with Gasteiger partial charge in [0.25, 0.3) is 0 Å². The number of nitrogens with one attached hydrogen (secondary N) is 3. The summed E-state index contributed by atoms with van der Waals surface area (Å²) in [6.07, 6.45) is 2.20. The summed E-state index contributed by atoms with van der Waals surface area (Å²) < 4.78 is 4.80. The number of hydrogen-bond donors (Lipinski definition) is 3. The van der Waals surface area contributed by atoms with Crippen LogP contribution in [0.5, 0.6) is 0 Å². The Bertz CT molecular complexity index is 1120. The number of hydrogen-bond acceptors (Lipinski definition) is 8. The average molecular weight is 364 g/mol. The van der Waals surface area contributed by atoms with Crippen molar-refractivity contribution < 1.29 is 9.53 Å². The molecule has 0 atom stereocenters. The highest BCUT2D eigenvalue weighted by molar-refractivity contribution is 5.88. The van der Waals surface area contributed by atoms with Crippen LogP contribution in [0, 0.1) is 6.92 Å². The third kappa shape index (κ3) is 3.45. The Hall–Kier alpha value is -3.82. The molecule has 0 radical (unpaired) electrons. The number of benzene rings is 1. The molecule has 0 unspecified atom stereocenters. The van der Waals surface area contributed by atoms with E-state index >= 15 is 0 Å². The number of fused-ring (bicyclic) bond motifs is 1. The van der Waals surface area contributed by atoms with Crippen LogP contribution < -0.4 is 5.32 Å². The van der Waals surface area contributed by atoms with Crippen molar-refractivity contribution in [3.8, 4) is 0 Å². The van der Waals surface area contributed by atoms with Crippen molar-refractivity contribution in [2.24, 2.45) is 0 Å². The van der Waals surface area contributed by atoms with E-state index in [9.17, 15) is 4.79 Å². The van der Waals surface area contributed by atoms with Crippen LogP contribution in [0.15, 0.2) is 30.5 Å². The lowest BCUT2D eigenvalue weighted by Gasteiger charge is -2.08. The van der Waals surface area contributed by atoms with Crippen LogP contribution in [-0.4, -0.2) is 48.7 Å². The molecule has 0 saturated carbocycles. The minimum Gasteiger partial charge on any atom is -0.464 e. The first-order valence-electron chi connectivity index (χ1n) is 8.15. The van der Waals surface area contributed by atoms with Gasteiger partial charge < -0.3 is 10.1 Å². The molecular weight excluding hydrogens is 348 g/mol. The number of carbonyl (C=O) groups is 1. The second kappa shape index (κ2) is 6.83. The van der Waals surface area contributed by atoms with Crippen LogP contribution in [-0.2, 0) is 11.2 Å². The SMILES string of the molecule is COC(=O)c1cc(Nc2n[nH]nc2C)nc(Cc2ccc3[nH]ncc3c2)n1. The molecule has 10 heteroatoms. The number of aromatic nitrogens is 7. The van der Waals surface area contributed by atoms with Crippen LogP contribution in [0.1, 0.15) is 27.6 Å². The van der Waals surface area contributed by atoms with Crippen molar-refractivity contribution in [1.82, 2.24) is 35.6 Å². The fourth-order valence-electron chi connectivity index (χ4n) is 2.66. The highest BCUT2D eigenvalue weighted by atomic mass is 16.5. The van der Waals surface area contributed by atoms with E-state index in [0.29, 0.717) is 29.6 Å². The highest BCUT2D eigenvalue weighted by Crippen LogP contribution is 2.19. The molecule has 3 heterocycles. The van der Waals surface area contributed by atoms with Crippen molar-refractivity contribution in [1.29, 1.82) is 0 Å². The topological polar surface area (TPSA) is 134 Å². The molecule has 0 fully saturated rings. The summed E-state index contributed by atoms with van der Waals surface area (Å²) in [6, 6.07) is 7.42. The van der Waals surface area contributed by atoms with E-state index in [1.54, 1.807) is 13.1 Å². The molecule has 3 aromatic heterocycles. The van der Waals surface area contributed by atoms with Gasteiger partial charge in [0.15, 0.2) is 11.5 Å². The van der Waals surface area contributed by atoms with Gasteiger partial charge in [-0.15, -0.1) is 5.10 Å². The number of ether oxygens (including phenoxy) is 1. The second-order valence-electron chi connectivity index (χ2n) is 5.90. The summed E-state index contributed by atoms with van der Waals surface area (Å²) in [7, 11) is 1.31. The molecular formula is C17H16N8O2. The molecule has 4 aromatic rings. The number of nitrogens with zero attached hydrogens (tertiary/aromatic N) is 5. The lowest BCUT2D eigenvalue weighted by molar-refractivity contribution is 0.0593. The van der Waals surface area contributed by atoms with Crippen molar-refractivity contribution in [2.45, 2.75) is 13.3 Å². The van der Waals surface area contributed by atoms with E-state index in [1.165, 1.54) is 13.2 Å². The molecule has 3 N–H and O–H groups in total. The Morgan fingerprint density at radius 2 is 2.11 bits per heavy atom. The zero-order valence-corrected chi connectivity index (χ0v) is 14.6. The van der Waals surface area contributed by atoms with Gasteiger partial charge in [-0.2, -0.15) is 15.4 Å². The molecule has 0 aliphatic carbocycles. The van der Waals surface area contributed by atoms with Gasteiger partial charge in [0.05, 0.1) is 18.8 Å². The van der Waals surface area contributed by atoms with Gasteiger partial charge in [-0.25, -0.2) is 14.8 Å². The fraction of sp³-hybridized carbons (Fsp3) is 0.176. The van der Waals surface area contributed by atoms with E-state index in [2.05, 4.69) is 40.9 Å². The normalized spacial score (nSPS) is 10.9. The second-order valence-corrected chi connectivity index (χ2v) is 5.90. The van der Waals surface area contributed by atoms with Crippen LogP contribution in [0.3, 0.4) is 0 Å². The molecule has 4 rings (SSSR count). The molecule has 0 aliphatic rings. The van der Waals surface area contributed by atoms with E-state index in [-0.39, 0.29) is 5.69 Å². The summed E-state index contributed by atoms with van der Waals surface area (Å²) in [4.78, 5) is 20.8. The molecule has 0 saturated heterocycles. The Morgan fingerprint density at radius 3 is 2.89 bits per heavy atom. The maximum atomic E-state index is 12.0. The van der Waals surface area contributed by atoms with E-state index in [0.717, 1.165) is 16.5 Å². The average Bonchev–Trinajstić information content (AvgIpc) is 3.29. The largest absolute Gasteiger partial charge is 0.464 e. The van der Waals surface area contributed by atoms with Crippen molar-refractivity contribution >= 4 is 28.5 Å². The number of carbonyl (C=O) groups excluding carboxylic acids is 1. The van der Waals surface area contributed by atoms with E-state index in [1.807, 2.05) is 18.2 Å². The number of aryl methyl sites for hydroxylation is 1. The van der Waals surface area contributed by atoms with E-state index < -0.39 is 5.97 Å². The molecule has 0 aliphatic heterocycles. The number of esters is 1. The maximum absolute atomic E-state index is 12.0. The predicted molar refractivity (Wildman–Crippen MR) is 96.7 cm³/mol. The molecule has 136 valence electrons. The summed E-state index contributed by atoms with van der Waals surface area (Å²) in [6.45, 7) is 1.80. The molecule has 0 bridgehead atoms. The molecule has 10 nitrogen and oxygen atoms in total. The third-order valence-electron chi connectivity index (χ3n) is 4.00. The Kier molecular flexibility index (Phi) is 4.21. The first-order chi connectivity index (χ1) is 13.1. The van der Waals surface area contributed by atoms with Gasteiger partial charge in [-0.05, 0) is 24.6 Å². The Balaban J connectivity index is 1.68. The van der Waals surface area contributed by atoms with Crippen LogP contribution in [0.4, 0.5) is 11.6 Å². The molecule has 0 spiro atoms. The third-order valence-corrected chi connectivity index (χ3v) is 4.00. The summed E-state index contributed by atoms with van der Waals surface area (Å²) in [5.41, 5.74) is 2.79. The van der Waals surface area contributed by atoms with Gasteiger partial charge in [0, 0.05) is 17.9 Å². The number of rotatable bonds is 5. The standard InChI is InChI=1S/C17H16N8O2/c1-9-16(24-25-22-9)21-15-7-13(17(26)27-2)19-14(20-15)6-10-3-4-12-11(5-10)8-18-23-12/h3-5,7-8H,6H2,1-2H3,(H,18,23)(H2,19,20,21,22,24,25). The molecule has 27 heavy (non-hydrogen) atoms. The summed E-state index contributed by atoms with van der Waals surface area (Å²) >= 11 is 0. The van der Waals surface area contributed by atoms with E-state index in [4.69, 9.17) is 4.74 Å². The Morgan fingerprint density at radius 1 is 1.22 bits per heavy atom. The zero-order valence-electron chi connectivity index (χ0n) is 14.6. The van der Waals surface area contributed by atoms with Gasteiger partial charge in [-0.3, -0.25) is 5.10 Å². The molecule has 1 aromatic carbocycles. The number of methoxy groups -OCH3 is 1. The van der Waals surface area contributed by atoms with Crippen LogP contribution in [0.2, 0.25) is 0 Å². The summed E-state index contributed by atoms with van der Waals surface area (Å²) in [5.74, 6) is 0.894. The highest BCUT2D eigenvalue weighted by Gasteiger charge is 2.14. The van der Waals surface area contributed by atoms with Crippen LogP contribution >= 0.6 is 0 Å². The predicted octanol–water partition coefficient (Wildman–Crippen LogP) is 1.90. The summed E-state index contributed by atoms with van der Waals surface area (Å²) in [5, 5.41) is 21.5. The molecule has 0 amide bonds. The van der Waals surface area contributed by atoms with Crippen molar-refractivity contribution in [2.75, 3.05) is 12.4 Å². The zero-order chi connectivity index (χ0) is 18.8. The first-order valence-corrected chi connectivity index (χ1v) is 8.15. The lowest BCUT2D eigenvalue weighted by atomic mass is 10.1. The fourth-order valence-corrected chi connectivity index (χ4v) is 2.66. The smallest absolute Gasteiger partial charge is 0.356 e. The quantitative estimate of drug-likeness (QED) is 0.457. The minimum absolute atomic E-state index is 0.163. The number of aromatic amines is 2. The number of anilines is 2.